The van der Waals surface area contributed by atoms with Crippen molar-refractivity contribution in [1.29, 1.82) is 0 Å². The van der Waals surface area contributed by atoms with Gasteiger partial charge in [-0.25, -0.2) is 9.78 Å². The second kappa shape index (κ2) is 6.34. The molecule has 6 heteroatoms. The highest BCUT2D eigenvalue weighted by atomic mass is 32.1. The summed E-state index contributed by atoms with van der Waals surface area (Å²) in [7, 11) is 0. The van der Waals surface area contributed by atoms with Crippen LogP contribution in [0.3, 0.4) is 0 Å². The molecular weight excluding hydrogens is 240 g/mol. The lowest BCUT2D eigenvalue weighted by molar-refractivity contribution is -0.139. The second-order valence-corrected chi connectivity index (χ2v) is 4.82. The zero-order valence-corrected chi connectivity index (χ0v) is 10.7. The van der Waals surface area contributed by atoms with Crippen LogP contribution >= 0.6 is 11.3 Å². The Morgan fingerprint density at radius 2 is 2.29 bits per heavy atom. The molecule has 1 heterocycles. The second-order valence-electron chi connectivity index (χ2n) is 3.76. The number of carboxylic acid groups (broad SMARTS) is 1. The molecule has 0 radical (unpaired) electrons. The minimum atomic E-state index is -1.00. The summed E-state index contributed by atoms with van der Waals surface area (Å²) < 4.78 is 0. The van der Waals surface area contributed by atoms with Gasteiger partial charge in [0.1, 0.15) is 11.7 Å². The van der Waals surface area contributed by atoms with E-state index in [9.17, 15) is 9.59 Å². The molecule has 1 amide bonds. The molecule has 5 nitrogen and oxygen atoms in total. The molecule has 0 fully saturated rings. The highest BCUT2D eigenvalue weighted by Gasteiger charge is 2.20. The van der Waals surface area contributed by atoms with Gasteiger partial charge in [-0.15, -0.1) is 11.3 Å². The van der Waals surface area contributed by atoms with E-state index >= 15 is 0 Å². The van der Waals surface area contributed by atoms with E-state index in [-0.39, 0.29) is 5.69 Å². The minimum Gasteiger partial charge on any atom is -0.480 e. The van der Waals surface area contributed by atoms with E-state index < -0.39 is 17.9 Å². The third kappa shape index (κ3) is 4.14. The van der Waals surface area contributed by atoms with Crippen LogP contribution in [0.2, 0.25) is 0 Å². The number of unbranched alkanes of at least 4 members (excludes halogenated alkanes) is 1. The summed E-state index contributed by atoms with van der Waals surface area (Å²) >= 11 is 1.37. The quantitative estimate of drug-likeness (QED) is 0.813. The Labute approximate surface area is 104 Å². The van der Waals surface area contributed by atoms with Gasteiger partial charge in [-0.1, -0.05) is 19.8 Å². The van der Waals surface area contributed by atoms with Crippen molar-refractivity contribution < 1.29 is 14.7 Å². The van der Waals surface area contributed by atoms with Crippen LogP contribution in [-0.2, 0) is 4.79 Å². The topological polar surface area (TPSA) is 79.3 Å². The first-order valence-corrected chi connectivity index (χ1v) is 6.38. The van der Waals surface area contributed by atoms with Gasteiger partial charge in [-0.05, 0) is 13.3 Å². The Kier molecular flexibility index (Phi) is 5.09. The number of aryl methyl sites for hydroxylation is 1. The molecule has 0 bridgehead atoms. The molecule has 1 atom stereocenters. The summed E-state index contributed by atoms with van der Waals surface area (Å²) in [6.45, 7) is 3.78. The monoisotopic (exact) mass is 256 g/mol. The fourth-order valence-electron chi connectivity index (χ4n) is 1.37. The maximum absolute atomic E-state index is 11.7. The highest BCUT2D eigenvalue weighted by Crippen LogP contribution is 2.09. The summed E-state index contributed by atoms with van der Waals surface area (Å²) in [5.41, 5.74) is 0.287. The maximum Gasteiger partial charge on any atom is 0.326 e. The first-order valence-electron chi connectivity index (χ1n) is 5.50. The summed E-state index contributed by atoms with van der Waals surface area (Å²) in [6.07, 6.45) is 2.11. The normalized spacial score (nSPS) is 12.1. The summed E-state index contributed by atoms with van der Waals surface area (Å²) in [4.78, 5) is 26.7. The molecular formula is C11H16N2O3S. The third-order valence-electron chi connectivity index (χ3n) is 2.30. The number of rotatable bonds is 6. The van der Waals surface area contributed by atoms with Gasteiger partial charge in [-0.2, -0.15) is 0 Å². The van der Waals surface area contributed by atoms with Crippen molar-refractivity contribution in [3.8, 4) is 0 Å². The number of thiazole rings is 1. The standard InChI is InChI=1S/C11H16N2O3S/c1-3-4-5-8(11(15)16)13-10(14)9-6-17-7(2)12-9/h6,8H,3-5H2,1-2H3,(H,13,14)(H,15,16). The molecule has 0 aromatic carbocycles. The molecule has 0 aliphatic heterocycles. The van der Waals surface area contributed by atoms with Crippen LogP contribution in [0, 0.1) is 6.92 Å². The predicted molar refractivity (Wildman–Crippen MR) is 65.3 cm³/mol. The smallest absolute Gasteiger partial charge is 0.326 e. The SMILES string of the molecule is CCCCC(NC(=O)c1csc(C)n1)C(=O)O. The number of aromatic nitrogens is 1. The first kappa shape index (κ1) is 13.6. The Balaban J connectivity index is 2.60. The molecule has 0 saturated carbocycles. The van der Waals surface area contributed by atoms with Crippen LogP contribution in [0.4, 0.5) is 0 Å². The van der Waals surface area contributed by atoms with Crippen molar-refractivity contribution in [1.82, 2.24) is 10.3 Å². The molecule has 1 aromatic heterocycles. The van der Waals surface area contributed by atoms with Crippen LogP contribution in [0.15, 0.2) is 5.38 Å². The van der Waals surface area contributed by atoms with Gasteiger partial charge >= 0.3 is 5.97 Å². The fourth-order valence-corrected chi connectivity index (χ4v) is 1.96. The van der Waals surface area contributed by atoms with Gasteiger partial charge in [0.05, 0.1) is 5.01 Å². The van der Waals surface area contributed by atoms with E-state index in [1.165, 1.54) is 11.3 Å². The third-order valence-corrected chi connectivity index (χ3v) is 3.07. The fraction of sp³-hybridized carbons (Fsp3) is 0.545. The number of nitrogens with one attached hydrogen (secondary N) is 1. The van der Waals surface area contributed by atoms with Crippen molar-refractivity contribution in [3.63, 3.8) is 0 Å². The van der Waals surface area contributed by atoms with Crippen molar-refractivity contribution in [2.45, 2.75) is 39.2 Å². The Bertz CT molecular complexity index is 403. The average molecular weight is 256 g/mol. The number of carbonyl (C=O) groups is 2. The molecule has 0 saturated heterocycles. The van der Waals surface area contributed by atoms with Gasteiger partial charge in [0.15, 0.2) is 0 Å². The van der Waals surface area contributed by atoms with Crippen LogP contribution in [0.1, 0.15) is 41.7 Å². The minimum absolute atomic E-state index is 0.287. The van der Waals surface area contributed by atoms with Gasteiger partial charge in [0.2, 0.25) is 0 Å². The highest BCUT2D eigenvalue weighted by molar-refractivity contribution is 7.09. The number of aliphatic carboxylic acids is 1. The summed E-state index contributed by atoms with van der Waals surface area (Å²) in [5, 5.41) is 13.9. The molecule has 0 spiro atoms. The Morgan fingerprint density at radius 3 is 2.76 bits per heavy atom. The number of carbonyl (C=O) groups excluding carboxylic acids is 1. The molecule has 2 N–H and O–H groups in total. The zero-order valence-electron chi connectivity index (χ0n) is 9.90. The molecule has 0 aliphatic carbocycles. The molecule has 1 unspecified atom stereocenters. The molecule has 1 rings (SSSR count). The number of carboxylic acids is 1. The molecule has 0 aliphatic rings. The molecule has 17 heavy (non-hydrogen) atoms. The van der Waals surface area contributed by atoms with Crippen molar-refractivity contribution >= 4 is 23.2 Å². The van der Waals surface area contributed by atoms with Gasteiger partial charge in [0.25, 0.3) is 5.91 Å². The summed E-state index contributed by atoms with van der Waals surface area (Å²) in [6, 6.07) is -0.829. The lowest BCUT2D eigenvalue weighted by atomic mass is 10.1. The van der Waals surface area contributed by atoms with Crippen molar-refractivity contribution in [3.05, 3.63) is 16.1 Å². The van der Waals surface area contributed by atoms with E-state index in [2.05, 4.69) is 10.3 Å². The number of nitrogens with zero attached hydrogens (tertiary/aromatic N) is 1. The Morgan fingerprint density at radius 1 is 1.59 bits per heavy atom. The lowest BCUT2D eigenvalue weighted by Gasteiger charge is -2.12. The zero-order chi connectivity index (χ0) is 12.8. The molecule has 1 aromatic rings. The van der Waals surface area contributed by atoms with Crippen LogP contribution in [-0.4, -0.2) is 28.0 Å². The van der Waals surface area contributed by atoms with E-state index in [1.807, 2.05) is 6.92 Å². The van der Waals surface area contributed by atoms with Crippen LogP contribution < -0.4 is 5.32 Å². The van der Waals surface area contributed by atoms with Crippen molar-refractivity contribution in [2.75, 3.05) is 0 Å². The van der Waals surface area contributed by atoms with Gasteiger partial charge in [0, 0.05) is 5.38 Å². The maximum atomic E-state index is 11.7. The largest absolute Gasteiger partial charge is 0.480 e. The summed E-state index contributed by atoms with van der Waals surface area (Å²) in [5.74, 6) is -1.42. The van der Waals surface area contributed by atoms with E-state index in [0.717, 1.165) is 17.8 Å². The number of amides is 1. The number of hydrogen-bond acceptors (Lipinski definition) is 4. The van der Waals surface area contributed by atoms with Crippen LogP contribution in [0.25, 0.3) is 0 Å². The lowest BCUT2D eigenvalue weighted by Crippen LogP contribution is -2.40. The van der Waals surface area contributed by atoms with E-state index in [4.69, 9.17) is 5.11 Å². The molecule has 94 valence electrons. The number of hydrogen-bond donors (Lipinski definition) is 2. The van der Waals surface area contributed by atoms with Gasteiger partial charge < -0.3 is 10.4 Å². The van der Waals surface area contributed by atoms with Crippen molar-refractivity contribution in [2.24, 2.45) is 0 Å². The van der Waals surface area contributed by atoms with E-state index in [1.54, 1.807) is 12.3 Å². The average Bonchev–Trinajstić information content (AvgIpc) is 2.70. The first-order chi connectivity index (χ1) is 8.04. The van der Waals surface area contributed by atoms with Gasteiger partial charge in [-0.3, -0.25) is 4.79 Å². The van der Waals surface area contributed by atoms with E-state index in [0.29, 0.717) is 6.42 Å². The predicted octanol–water partition coefficient (Wildman–Crippen LogP) is 1.82. The van der Waals surface area contributed by atoms with Crippen LogP contribution in [0.5, 0.6) is 0 Å². The Hall–Kier alpha value is -1.43.